The van der Waals surface area contributed by atoms with E-state index in [1.54, 1.807) is 6.33 Å². The van der Waals surface area contributed by atoms with Crippen molar-refractivity contribution in [1.29, 1.82) is 0 Å². The lowest BCUT2D eigenvalue weighted by Gasteiger charge is -2.25. The van der Waals surface area contributed by atoms with Gasteiger partial charge in [-0.3, -0.25) is 9.79 Å². The minimum atomic E-state index is 0. The Morgan fingerprint density at radius 1 is 1.46 bits per heavy atom. The van der Waals surface area contributed by atoms with Gasteiger partial charge in [0.25, 0.3) is 0 Å². The smallest absolute Gasteiger partial charge is 0.222 e. The van der Waals surface area contributed by atoms with Crippen LogP contribution < -0.4 is 16.0 Å². The fourth-order valence-corrected chi connectivity index (χ4v) is 2.42. The molecule has 2 rings (SSSR count). The van der Waals surface area contributed by atoms with Crippen LogP contribution in [-0.2, 0) is 17.8 Å². The molecule has 0 saturated carbocycles. The number of halogens is 1. The molecule has 24 heavy (non-hydrogen) atoms. The van der Waals surface area contributed by atoms with Gasteiger partial charge in [-0.15, -0.1) is 24.0 Å². The van der Waals surface area contributed by atoms with Gasteiger partial charge in [-0.25, -0.2) is 9.67 Å². The van der Waals surface area contributed by atoms with Crippen molar-refractivity contribution < 1.29 is 4.79 Å². The molecule has 0 aliphatic carbocycles. The molecule has 0 bridgehead atoms. The summed E-state index contributed by atoms with van der Waals surface area (Å²) >= 11 is 0. The molecule has 1 unspecified atom stereocenters. The second-order valence-corrected chi connectivity index (χ2v) is 5.94. The van der Waals surface area contributed by atoms with E-state index in [2.05, 4.69) is 31.0 Å². The maximum atomic E-state index is 11.5. The van der Waals surface area contributed by atoms with Gasteiger partial charge >= 0.3 is 0 Å². The normalized spacial score (nSPS) is 17.0. The average Bonchev–Trinajstić information content (AvgIpc) is 2.98. The quantitative estimate of drug-likeness (QED) is 0.255. The highest BCUT2D eigenvalue weighted by molar-refractivity contribution is 14.0. The molecular formula is C15H28IN7O. The first kappa shape index (κ1) is 20.7. The SMILES string of the molecule is CCNC(=NCCNC(=O)C(C)C)NC1CCc2ncnn2C1.I. The standard InChI is InChI=1S/C15H27N7O.HI/c1-4-16-15(18-8-7-17-14(23)11(2)3)21-12-5-6-13-19-10-20-22(13)9-12;/h10-12H,4-9H2,1-3H3,(H,17,23)(H2,16,18,21);1H. The van der Waals surface area contributed by atoms with E-state index in [-0.39, 0.29) is 41.8 Å². The number of hydrogen-bond acceptors (Lipinski definition) is 4. The third-order valence-corrected chi connectivity index (χ3v) is 3.70. The lowest BCUT2D eigenvalue weighted by molar-refractivity contribution is -0.123. The summed E-state index contributed by atoms with van der Waals surface area (Å²) in [4.78, 5) is 20.3. The van der Waals surface area contributed by atoms with E-state index in [1.165, 1.54) is 0 Å². The van der Waals surface area contributed by atoms with Gasteiger partial charge in [0.1, 0.15) is 12.2 Å². The fourth-order valence-electron chi connectivity index (χ4n) is 2.42. The molecule has 0 aromatic carbocycles. The van der Waals surface area contributed by atoms with Crippen molar-refractivity contribution in [3.63, 3.8) is 0 Å². The zero-order valence-corrected chi connectivity index (χ0v) is 16.9. The Morgan fingerprint density at radius 3 is 2.96 bits per heavy atom. The molecule has 1 aromatic rings. The lowest BCUT2D eigenvalue weighted by Crippen LogP contribution is -2.47. The number of fused-ring (bicyclic) bond motifs is 1. The fraction of sp³-hybridized carbons (Fsp3) is 0.733. The summed E-state index contributed by atoms with van der Waals surface area (Å²) in [6, 6.07) is 0.284. The predicted molar refractivity (Wildman–Crippen MR) is 105 cm³/mol. The van der Waals surface area contributed by atoms with Crippen molar-refractivity contribution in [3.8, 4) is 0 Å². The van der Waals surface area contributed by atoms with Crippen molar-refractivity contribution in [1.82, 2.24) is 30.7 Å². The van der Waals surface area contributed by atoms with Crippen LogP contribution in [0.1, 0.15) is 33.0 Å². The van der Waals surface area contributed by atoms with Gasteiger partial charge in [-0.2, -0.15) is 5.10 Å². The summed E-state index contributed by atoms with van der Waals surface area (Å²) in [6.45, 7) is 8.49. The molecule has 1 aromatic heterocycles. The number of guanidine groups is 1. The summed E-state index contributed by atoms with van der Waals surface area (Å²) in [6.07, 6.45) is 3.53. The first-order valence-electron chi connectivity index (χ1n) is 8.29. The largest absolute Gasteiger partial charge is 0.357 e. The van der Waals surface area contributed by atoms with Crippen LogP contribution in [0.5, 0.6) is 0 Å². The van der Waals surface area contributed by atoms with Gasteiger partial charge in [0, 0.05) is 31.5 Å². The number of aromatic nitrogens is 3. The number of hydrogen-bond donors (Lipinski definition) is 3. The number of nitrogens with zero attached hydrogens (tertiary/aromatic N) is 4. The number of amides is 1. The summed E-state index contributed by atoms with van der Waals surface area (Å²) in [5.41, 5.74) is 0. The van der Waals surface area contributed by atoms with Gasteiger partial charge in [0.05, 0.1) is 13.1 Å². The number of nitrogens with one attached hydrogen (secondary N) is 3. The maximum absolute atomic E-state index is 11.5. The maximum Gasteiger partial charge on any atom is 0.222 e. The monoisotopic (exact) mass is 449 g/mol. The van der Waals surface area contributed by atoms with E-state index in [4.69, 9.17) is 0 Å². The molecule has 2 heterocycles. The Hall–Kier alpha value is -1.39. The third kappa shape index (κ3) is 6.25. The Bertz CT molecular complexity index is 544. The van der Waals surface area contributed by atoms with Crippen LogP contribution in [0.2, 0.25) is 0 Å². The molecule has 8 nitrogen and oxygen atoms in total. The molecule has 9 heteroatoms. The van der Waals surface area contributed by atoms with E-state index in [0.717, 1.165) is 37.7 Å². The van der Waals surface area contributed by atoms with Gasteiger partial charge in [0.2, 0.25) is 5.91 Å². The van der Waals surface area contributed by atoms with Gasteiger partial charge in [0.15, 0.2) is 5.96 Å². The van der Waals surface area contributed by atoms with E-state index in [1.807, 2.05) is 25.5 Å². The molecule has 0 fully saturated rings. The van der Waals surface area contributed by atoms with E-state index in [9.17, 15) is 4.79 Å². The summed E-state index contributed by atoms with van der Waals surface area (Å²) in [5.74, 6) is 1.88. The summed E-state index contributed by atoms with van der Waals surface area (Å²) in [5, 5.41) is 13.8. The van der Waals surface area contributed by atoms with Crippen LogP contribution in [0.15, 0.2) is 11.3 Å². The molecule has 0 spiro atoms. The van der Waals surface area contributed by atoms with Crippen LogP contribution in [0.25, 0.3) is 0 Å². The van der Waals surface area contributed by atoms with Gasteiger partial charge in [-0.05, 0) is 13.3 Å². The zero-order chi connectivity index (χ0) is 16.7. The predicted octanol–water partition coefficient (Wildman–Crippen LogP) is 0.538. The highest BCUT2D eigenvalue weighted by Gasteiger charge is 2.20. The average molecular weight is 449 g/mol. The van der Waals surface area contributed by atoms with Crippen molar-refractivity contribution in [2.75, 3.05) is 19.6 Å². The third-order valence-electron chi connectivity index (χ3n) is 3.70. The van der Waals surface area contributed by atoms with Crippen LogP contribution in [-0.4, -0.2) is 52.3 Å². The second kappa shape index (κ2) is 10.5. The molecule has 0 saturated heterocycles. The first-order chi connectivity index (χ1) is 11.1. The Balaban J connectivity index is 0.00000288. The van der Waals surface area contributed by atoms with E-state index < -0.39 is 0 Å². The Kier molecular flexibility index (Phi) is 9.01. The molecule has 136 valence electrons. The molecule has 1 aliphatic rings. The molecule has 0 radical (unpaired) electrons. The lowest BCUT2D eigenvalue weighted by atomic mass is 10.1. The van der Waals surface area contributed by atoms with Gasteiger partial charge in [-0.1, -0.05) is 13.8 Å². The van der Waals surface area contributed by atoms with E-state index in [0.29, 0.717) is 13.1 Å². The van der Waals surface area contributed by atoms with Crippen LogP contribution >= 0.6 is 24.0 Å². The van der Waals surface area contributed by atoms with Crippen LogP contribution in [0.3, 0.4) is 0 Å². The minimum Gasteiger partial charge on any atom is -0.357 e. The highest BCUT2D eigenvalue weighted by Crippen LogP contribution is 2.11. The number of rotatable bonds is 6. The van der Waals surface area contributed by atoms with Crippen molar-refractivity contribution in [3.05, 3.63) is 12.2 Å². The number of aliphatic imine (C=N–C) groups is 1. The number of carbonyl (C=O) groups excluding carboxylic acids is 1. The summed E-state index contributed by atoms with van der Waals surface area (Å²) < 4.78 is 1.94. The van der Waals surface area contributed by atoms with Crippen molar-refractivity contribution in [2.45, 2.75) is 46.2 Å². The number of carbonyl (C=O) groups is 1. The van der Waals surface area contributed by atoms with E-state index >= 15 is 0 Å². The molecule has 1 atom stereocenters. The van der Waals surface area contributed by atoms with Crippen LogP contribution in [0.4, 0.5) is 0 Å². The molecule has 3 N–H and O–H groups in total. The van der Waals surface area contributed by atoms with Crippen LogP contribution in [0, 0.1) is 5.92 Å². The molecular weight excluding hydrogens is 421 g/mol. The molecule has 1 amide bonds. The highest BCUT2D eigenvalue weighted by atomic mass is 127. The first-order valence-corrected chi connectivity index (χ1v) is 8.29. The topological polar surface area (TPSA) is 96.2 Å². The Labute approximate surface area is 160 Å². The minimum absolute atomic E-state index is 0. The zero-order valence-electron chi connectivity index (χ0n) is 14.6. The second-order valence-electron chi connectivity index (χ2n) is 5.94. The van der Waals surface area contributed by atoms with Gasteiger partial charge < -0.3 is 16.0 Å². The summed E-state index contributed by atoms with van der Waals surface area (Å²) in [7, 11) is 0. The number of aryl methyl sites for hydroxylation is 1. The Morgan fingerprint density at radius 2 is 2.25 bits per heavy atom. The van der Waals surface area contributed by atoms with Crippen molar-refractivity contribution >= 4 is 35.8 Å². The molecule has 1 aliphatic heterocycles. The van der Waals surface area contributed by atoms with Crippen molar-refractivity contribution in [2.24, 2.45) is 10.9 Å².